The van der Waals surface area contributed by atoms with Gasteiger partial charge in [0.15, 0.2) is 0 Å². The molecule has 4 nitrogen and oxygen atoms in total. The van der Waals surface area contributed by atoms with Crippen LogP contribution in [0.1, 0.15) is 44.0 Å². The molecule has 0 heterocycles. The van der Waals surface area contributed by atoms with Crippen LogP contribution in [0.25, 0.3) is 0 Å². The summed E-state index contributed by atoms with van der Waals surface area (Å²) in [4.78, 5) is 15.0. The molecule has 0 aromatic heterocycles. The summed E-state index contributed by atoms with van der Waals surface area (Å²) in [6, 6.07) is 17.3. The Morgan fingerprint density at radius 2 is 1.72 bits per heavy atom. The van der Waals surface area contributed by atoms with E-state index in [-0.39, 0.29) is 23.9 Å². The fourth-order valence-corrected chi connectivity index (χ4v) is 3.08. The molecule has 2 aromatic carbocycles. The molecule has 1 amide bonds. The van der Waals surface area contributed by atoms with Gasteiger partial charge in [-0.25, -0.2) is 0 Å². The normalized spacial score (nSPS) is 14.4. The summed E-state index contributed by atoms with van der Waals surface area (Å²) in [7, 11) is 1.65. The number of ether oxygens (including phenoxy) is 1. The lowest BCUT2D eigenvalue weighted by molar-refractivity contribution is -0.137. The molecular formula is C21H28N2O2. The van der Waals surface area contributed by atoms with Crippen LogP contribution >= 0.6 is 0 Å². The van der Waals surface area contributed by atoms with E-state index in [1.54, 1.807) is 7.11 Å². The van der Waals surface area contributed by atoms with E-state index in [1.807, 2.05) is 80.3 Å². The van der Waals surface area contributed by atoms with Crippen molar-refractivity contribution in [2.75, 3.05) is 13.7 Å². The minimum Gasteiger partial charge on any atom is -0.497 e. The number of hydrogen-bond donors (Lipinski definition) is 1. The van der Waals surface area contributed by atoms with Gasteiger partial charge in [0.1, 0.15) is 5.75 Å². The van der Waals surface area contributed by atoms with Crippen molar-refractivity contribution in [1.29, 1.82) is 0 Å². The molecule has 0 spiro atoms. The summed E-state index contributed by atoms with van der Waals surface area (Å²) >= 11 is 0. The molecule has 0 bridgehead atoms. The molecule has 3 unspecified atom stereocenters. The van der Waals surface area contributed by atoms with E-state index in [0.717, 1.165) is 16.9 Å². The Morgan fingerprint density at radius 1 is 1.08 bits per heavy atom. The van der Waals surface area contributed by atoms with Crippen molar-refractivity contribution in [2.45, 2.75) is 32.9 Å². The molecule has 3 atom stereocenters. The zero-order valence-electron chi connectivity index (χ0n) is 15.5. The Hall–Kier alpha value is -2.33. The van der Waals surface area contributed by atoms with Gasteiger partial charge in [0.2, 0.25) is 5.91 Å². The molecule has 0 radical (unpaired) electrons. The summed E-state index contributed by atoms with van der Waals surface area (Å²) in [6.45, 7) is 6.57. The zero-order valence-corrected chi connectivity index (χ0v) is 15.5. The molecule has 134 valence electrons. The Kier molecular flexibility index (Phi) is 6.59. The third-order valence-corrected chi connectivity index (χ3v) is 4.78. The predicted octanol–water partition coefficient (Wildman–Crippen LogP) is 3.94. The van der Waals surface area contributed by atoms with Crippen molar-refractivity contribution in [1.82, 2.24) is 4.90 Å². The summed E-state index contributed by atoms with van der Waals surface area (Å²) < 4.78 is 5.30. The van der Waals surface area contributed by atoms with Gasteiger partial charge in [0, 0.05) is 12.6 Å². The van der Waals surface area contributed by atoms with Gasteiger partial charge in [-0.15, -0.1) is 0 Å². The fraction of sp³-hybridized carbons (Fsp3) is 0.381. The first-order valence-electron chi connectivity index (χ1n) is 8.74. The molecule has 0 aliphatic heterocycles. The smallest absolute Gasteiger partial charge is 0.227 e. The number of rotatable bonds is 7. The van der Waals surface area contributed by atoms with Crippen molar-refractivity contribution in [2.24, 2.45) is 11.7 Å². The van der Waals surface area contributed by atoms with Gasteiger partial charge in [-0.1, -0.05) is 49.4 Å². The lowest BCUT2D eigenvalue weighted by Crippen LogP contribution is -2.40. The number of benzene rings is 2. The highest BCUT2D eigenvalue weighted by molar-refractivity contribution is 5.80. The number of hydrogen-bond acceptors (Lipinski definition) is 3. The maximum absolute atomic E-state index is 13.1. The molecule has 0 saturated heterocycles. The van der Waals surface area contributed by atoms with E-state index in [1.165, 1.54) is 0 Å². The fourth-order valence-electron chi connectivity index (χ4n) is 3.08. The van der Waals surface area contributed by atoms with Crippen LogP contribution in [0.5, 0.6) is 5.75 Å². The van der Waals surface area contributed by atoms with Gasteiger partial charge >= 0.3 is 0 Å². The molecule has 0 fully saturated rings. The van der Waals surface area contributed by atoms with E-state index in [2.05, 4.69) is 0 Å². The maximum Gasteiger partial charge on any atom is 0.227 e. The van der Waals surface area contributed by atoms with E-state index >= 15 is 0 Å². The average Bonchev–Trinajstić information content (AvgIpc) is 2.67. The van der Waals surface area contributed by atoms with Crippen molar-refractivity contribution < 1.29 is 9.53 Å². The number of carbonyl (C=O) groups is 1. The van der Waals surface area contributed by atoms with Crippen molar-refractivity contribution in [3.8, 4) is 5.75 Å². The first-order valence-corrected chi connectivity index (χ1v) is 8.74. The molecule has 0 aliphatic carbocycles. The number of carbonyl (C=O) groups excluding carboxylic acids is 1. The van der Waals surface area contributed by atoms with Gasteiger partial charge in [-0.3, -0.25) is 4.79 Å². The second-order valence-corrected chi connectivity index (χ2v) is 6.30. The Bertz CT molecular complexity index is 687. The number of nitrogens with zero attached hydrogens (tertiary/aromatic N) is 1. The van der Waals surface area contributed by atoms with E-state index in [9.17, 15) is 4.79 Å². The number of nitrogens with two attached hydrogens (primary N) is 1. The highest BCUT2D eigenvalue weighted by Crippen LogP contribution is 2.28. The first kappa shape index (κ1) is 19.0. The molecule has 4 heteroatoms. The van der Waals surface area contributed by atoms with Crippen LogP contribution in [0, 0.1) is 5.92 Å². The molecule has 0 aliphatic rings. The van der Waals surface area contributed by atoms with Gasteiger partial charge in [-0.2, -0.15) is 0 Å². The Morgan fingerprint density at radius 3 is 2.32 bits per heavy atom. The lowest BCUT2D eigenvalue weighted by Gasteiger charge is -2.33. The summed E-state index contributed by atoms with van der Waals surface area (Å²) in [5.74, 6) is 0.562. The van der Waals surface area contributed by atoms with Crippen LogP contribution in [0.15, 0.2) is 54.6 Å². The van der Waals surface area contributed by atoms with E-state index in [0.29, 0.717) is 6.54 Å². The Labute approximate surface area is 150 Å². The third-order valence-electron chi connectivity index (χ3n) is 4.78. The van der Waals surface area contributed by atoms with Gasteiger partial charge in [-0.05, 0) is 37.1 Å². The minimum atomic E-state index is -0.319. The zero-order chi connectivity index (χ0) is 18.4. The van der Waals surface area contributed by atoms with Gasteiger partial charge < -0.3 is 15.4 Å². The standard InChI is InChI=1S/C21H28N2O2/c1-5-23(16(3)18-12-9-13-19(14-18)25-4)21(24)15(2)20(22)17-10-7-6-8-11-17/h6-16,20H,5,22H2,1-4H3. The average molecular weight is 340 g/mol. The monoisotopic (exact) mass is 340 g/mol. The quantitative estimate of drug-likeness (QED) is 0.830. The summed E-state index contributed by atoms with van der Waals surface area (Å²) in [5.41, 5.74) is 8.38. The third kappa shape index (κ3) is 4.40. The van der Waals surface area contributed by atoms with Crippen LogP contribution in [-0.2, 0) is 4.79 Å². The van der Waals surface area contributed by atoms with Crippen LogP contribution in [-0.4, -0.2) is 24.5 Å². The molecule has 2 N–H and O–H groups in total. The summed E-state index contributed by atoms with van der Waals surface area (Å²) in [5, 5.41) is 0. The van der Waals surface area contributed by atoms with Crippen molar-refractivity contribution in [3.63, 3.8) is 0 Å². The second kappa shape index (κ2) is 8.67. The Balaban J connectivity index is 2.19. The first-order chi connectivity index (χ1) is 12.0. The van der Waals surface area contributed by atoms with Crippen LogP contribution in [0.2, 0.25) is 0 Å². The lowest BCUT2D eigenvalue weighted by atomic mass is 9.93. The summed E-state index contributed by atoms with van der Waals surface area (Å²) in [6.07, 6.45) is 0. The molecule has 2 aromatic rings. The topological polar surface area (TPSA) is 55.6 Å². The predicted molar refractivity (Wildman–Crippen MR) is 101 cm³/mol. The molecular weight excluding hydrogens is 312 g/mol. The highest BCUT2D eigenvalue weighted by Gasteiger charge is 2.29. The van der Waals surface area contributed by atoms with Crippen LogP contribution in [0.4, 0.5) is 0 Å². The second-order valence-electron chi connectivity index (χ2n) is 6.30. The SMILES string of the molecule is CCN(C(=O)C(C)C(N)c1ccccc1)C(C)c1cccc(OC)c1. The van der Waals surface area contributed by atoms with Gasteiger partial charge in [0.25, 0.3) is 0 Å². The molecule has 2 rings (SSSR count). The molecule has 25 heavy (non-hydrogen) atoms. The number of methoxy groups -OCH3 is 1. The largest absolute Gasteiger partial charge is 0.497 e. The van der Waals surface area contributed by atoms with Crippen molar-refractivity contribution >= 4 is 5.91 Å². The van der Waals surface area contributed by atoms with E-state index in [4.69, 9.17) is 10.5 Å². The van der Waals surface area contributed by atoms with Crippen LogP contribution < -0.4 is 10.5 Å². The number of amides is 1. The maximum atomic E-state index is 13.1. The van der Waals surface area contributed by atoms with Crippen molar-refractivity contribution in [3.05, 3.63) is 65.7 Å². The van der Waals surface area contributed by atoms with Gasteiger partial charge in [0.05, 0.1) is 19.1 Å². The molecule has 0 saturated carbocycles. The van der Waals surface area contributed by atoms with E-state index < -0.39 is 0 Å². The highest BCUT2D eigenvalue weighted by atomic mass is 16.5. The minimum absolute atomic E-state index is 0.0435. The van der Waals surface area contributed by atoms with Crippen LogP contribution in [0.3, 0.4) is 0 Å².